The largest absolute Gasteiger partial charge is 0.371 e. The van der Waals surface area contributed by atoms with E-state index in [9.17, 15) is 0 Å². The lowest BCUT2D eigenvalue weighted by atomic mass is 9.97. The van der Waals surface area contributed by atoms with Crippen LogP contribution in [0.2, 0.25) is 0 Å². The van der Waals surface area contributed by atoms with Crippen molar-refractivity contribution in [3.8, 4) is 0 Å². The minimum absolute atomic E-state index is 0.627. The predicted molar refractivity (Wildman–Crippen MR) is 71.0 cm³/mol. The summed E-state index contributed by atoms with van der Waals surface area (Å²) in [6.07, 6.45) is 2.34. The Labute approximate surface area is 104 Å². The molecule has 1 aliphatic rings. The van der Waals surface area contributed by atoms with Gasteiger partial charge in [0.15, 0.2) is 0 Å². The van der Waals surface area contributed by atoms with Crippen LogP contribution in [0.1, 0.15) is 24.0 Å². The summed E-state index contributed by atoms with van der Waals surface area (Å²) in [4.78, 5) is 7.21. The van der Waals surface area contributed by atoms with E-state index in [2.05, 4.69) is 36.9 Å². The van der Waals surface area contributed by atoms with Crippen LogP contribution in [0.3, 0.4) is 0 Å². The summed E-state index contributed by atoms with van der Waals surface area (Å²) in [5.74, 6) is 5.76. The molecule has 3 heteroatoms. The topological polar surface area (TPSA) is 38.5 Å². The predicted octanol–water partition coefficient (Wildman–Crippen LogP) is 2.41. The highest BCUT2D eigenvalue weighted by Gasteiger charge is 2.19. The van der Waals surface area contributed by atoms with Gasteiger partial charge in [0.05, 0.1) is 6.61 Å². The maximum atomic E-state index is 5.13. The van der Waals surface area contributed by atoms with E-state index in [4.69, 9.17) is 10.7 Å². The number of piperidine rings is 1. The zero-order valence-corrected chi connectivity index (χ0v) is 10.8. The molecular formula is C14H22N2O. The van der Waals surface area contributed by atoms with Crippen molar-refractivity contribution in [2.24, 2.45) is 11.8 Å². The molecule has 0 aliphatic carbocycles. The minimum Gasteiger partial charge on any atom is -0.371 e. The maximum Gasteiger partial charge on any atom is 0.0708 e. The maximum absolute atomic E-state index is 5.13. The Morgan fingerprint density at radius 1 is 1.18 bits per heavy atom. The summed E-state index contributed by atoms with van der Waals surface area (Å²) in [5, 5.41) is 0. The van der Waals surface area contributed by atoms with E-state index in [1.807, 2.05) is 0 Å². The van der Waals surface area contributed by atoms with E-state index in [0.717, 1.165) is 13.1 Å². The molecule has 1 fully saturated rings. The Kier molecular flexibility index (Phi) is 4.02. The fourth-order valence-electron chi connectivity index (χ4n) is 2.63. The normalized spacial score (nSPS) is 17.5. The van der Waals surface area contributed by atoms with Crippen LogP contribution in [0.25, 0.3) is 0 Å². The van der Waals surface area contributed by atoms with E-state index in [1.165, 1.54) is 29.7 Å². The lowest BCUT2D eigenvalue weighted by molar-refractivity contribution is 0.0918. The average Bonchev–Trinajstić information content (AvgIpc) is 2.29. The van der Waals surface area contributed by atoms with Crippen molar-refractivity contribution in [2.75, 3.05) is 24.6 Å². The highest BCUT2D eigenvalue weighted by molar-refractivity contribution is 5.51. The van der Waals surface area contributed by atoms with Crippen molar-refractivity contribution < 1.29 is 4.84 Å². The van der Waals surface area contributed by atoms with Gasteiger partial charge in [0.2, 0.25) is 0 Å². The molecule has 1 saturated heterocycles. The Balaban J connectivity index is 2.00. The fourth-order valence-corrected chi connectivity index (χ4v) is 2.63. The monoisotopic (exact) mass is 234 g/mol. The standard InChI is InChI=1S/C14H22N2O/c1-11-7-12(2)9-14(8-11)16-5-3-13(4-6-16)10-17-15/h7-9,13H,3-6,10,15H2,1-2H3. The van der Waals surface area contributed by atoms with Gasteiger partial charge >= 0.3 is 0 Å². The first kappa shape index (κ1) is 12.4. The highest BCUT2D eigenvalue weighted by atomic mass is 16.6. The zero-order valence-electron chi connectivity index (χ0n) is 10.8. The van der Waals surface area contributed by atoms with Crippen LogP contribution in [0.4, 0.5) is 5.69 Å². The minimum atomic E-state index is 0.627. The Morgan fingerprint density at radius 3 is 2.29 bits per heavy atom. The van der Waals surface area contributed by atoms with E-state index in [1.54, 1.807) is 0 Å². The molecule has 0 radical (unpaired) electrons. The zero-order chi connectivity index (χ0) is 12.3. The molecule has 3 nitrogen and oxygen atoms in total. The molecule has 1 heterocycles. The van der Waals surface area contributed by atoms with Crippen LogP contribution in [0.5, 0.6) is 0 Å². The molecule has 1 aliphatic heterocycles. The molecule has 0 bridgehead atoms. The number of rotatable bonds is 3. The number of nitrogens with two attached hydrogens (primary N) is 1. The number of hydrogen-bond acceptors (Lipinski definition) is 3. The third-order valence-electron chi connectivity index (χ3n) is 3.52. The van der Waals surface area contributed by atoms with Crippen molar-refractivity contribution in [3.63, 3.8) is 0 Å². The lowest BCUT2D eigenvalue weighted by Gasteiger charge is -2.33. The molecule has 0 aromatic heterocycles. The Morgan fingerprint density at radius 2 is 1.76 bits per heavy atom. The second kappa shape index (κ2) is 5.52. The summed E-state index contributed by atoms with van der Waals surface area (Å²) in [6, 6.07) is 6.76. The van der Waals surface area contributed by atoms with E-state index >= 15 is 0 Å². The van der Waals surface area contributed by atoms with Crippen LogP contribution in [0.15, 0.2) is 18.2 Å². The highest BCUT2D eigenvalue weighted by Crippen LogP contribution is 2.25. The number of aryl methyl sites for hydroxylation is 2. The van der Waals surface area contributed by atoms with Crippen LogP contribution in [-0.2, 0) is 4.84 Å². The Bertz CT molecular complexity index is 350. The van der Waals surface area contributed by atoms with Crippen molar-refractivity contribution >= 4 is 5.69 Å². The average molecular weight is 234 g/mol. The molecule has 17 heavy (non-hydrogen) atoms. The number of hydrogen-bond donors (Lipinski definition) is 1. The molecule has 0 atom stereocenters. The summed E-state index contributed by atoms with van der Waals surface area (Å²) in [5.41, 5.74) is 4.04. The third kappa shape index (κ3) is 3.20. The SMILES string of the molecule is Cc1cc(C)cc(N2CCC(CON)CC2)c1. The van der Waals surface area contributed by atoms with Gasteiger partial charge in [-0.2, -0.15) is 0 Å². The van der Waals surface area contributed by atoms with Crippen molar-refractivity contribution in [3.05, 3.63) is 29.3 Å². The van der Waals surface area contributed by atoms with E-state index < -0.39 is 0 Å². The van der Waals surface area contributed by atoms with Gasteiger partial charge in [0.1, 0.15) is 0 Å². The van der Waals surface area contributed by atoms with Gasteiger partial charge in [-0.1, -0.05) is 6.07 Å². The first-order chi connectivity index (χ1) is 8.19. The first-order valence-corrected chi connectivity index (χ1v) is 6.34. The Hall–Kier alpha value is -1.06. The third-order valence-corrected chi connectivity index (χ3v) is 3.52. The molecule has 94 valence electrons. The van der Waals surface area contributed by atoms with Gasteiger partial charge < -0.3 is 9.74 Å². The van der Waals surface area contributed by atoms with Gasteiger partial charge in [-0.3, -0.25) is 0 Å². The van der Waals surface area contributed by atoms with Gasteiger partial charge in [-0.15, -0.1) is 0 Å². The van der Waals surface area contributed by atoms with Crippen molar-refractivity contribution in [1.82, 2.24) is 0 Å². The molecule has 1 aromatic rings. The number of anilines is 1. The summed E-state index contributed by atoms with van der Waals surface area (Å²) in [6.45, 7) is 7.23. The molecule has 0 amide bonds. The lowest BCUT2D eigenvalue weighted by Crippen LogP contribution is -2.35. The van der Waals surface area contributed by atoms with Gasteiger partial charge in [0.25, 0.3) is 0 Å². The van der Waals surface area contributed by atoms with Crippen LogP contribution >= 0.6 is 0 Å². The molecule has 0 unspecified atom stereocenters. The van der Waals surface area contributed by atoms with Gasteiger partial charge in [0, 0.05) is 18.8 Å². The molecule has 2 N–H and O–H groups in total. The molecule has 0 saturated carbocycles. The second-order valence-electron chi connectivity index (χ2n) is 5.11. The first-order valence-electron chi connectivity index (χ1n) is 6.34. The quantitative estimate of drug-likeness (QED) is 0.816. The van der Waals surface area contributed by atoms with Crippen molar-refractivity contribution in [2.45, 2.75) is 26.7 Å². The smallest absolute Gasteiger partial charge is 0.0708 e. The fraction of sp³-hybridized carbons (Fsp3) is 0.571. The van der Waals surface area contributed by atoms with E-state index in [0.29, 0.717) is 12.5 Å². The van der Waals surface area contributed by atoms with Crippen LogP contribution < -0.4 is 10.8 Å². The summed E-state index contributed by atoms with van der Waals surface area (Å²) >= 11 is 0. The van der Waals surface area contributed by atoms with Gasteiger partial charge in [-0.05, 0) is 55.9 Å². The second-order valence-corrected chi connectivity index (χ2v) is 5.11. The molecule has 2 rings (SSSR count). The van der Waals surface area contributed by atoms with Crippen LogP contribution in [-0.4, -0.2) is 19.7 Å². The molecule has 1 aromatic carbocycles. The summed E-state index contributed by atoms with van der Waals surface area (Å²) in [7, 11) is 0. The van der Waals surface area contributed by atoms with Crippen LogP contribution in [0, 0.1) is 19.8 Å². The van der Waals surface area contributed by atoms with Crippen molar-refractivity contribution in [1.29, 1.82) is 0 Å². The number of benzene rings is 1. The van der Waals surface area contributed by atoms with E-state index in [-0.39, 0.29) is 0 Å². The summed E-state index contributed by atoms with van der Waals surface area (Å²) < 4.78 is 0. The van der Waals surface area contributed by atoms with Gasteiger partial charge in [-0.25, -0.2) is 5.90 Å². The molecular weight excluding hydrogens is 212 g/mol. The number of nitrogens with zero attached hydrogens (tertiary/aromatic N) is 1. The molecule has 0 spiro atoms.